The van der Waals surface area contributed by atoms with Crippen LogP contribution in [0.25, 0.3) is 0 Å². The fourth-order valence-corrected chi connectivity index (χ4v) is 5.71. The molecular formula is C24H36N2O2. The van der Waals surface area contributed by atoms with Gasteiger partial charge in [0, 0.05) is 18.5 Å². The molecule has 1 amide bonds. The zero-order valence-electron chi connectivity index (χ0n) is 17.4. The maximum Gasteiger partial charge on any atom is 0.412 e. The second kappa shape index (κ2) is 9.30. The summed E-state index contributed by atoms with van der Waals surface area (Å²) in [6, 6.07) is 6.97. The van der Waals surface area contributed by atoms with Crippen LogP contribution in [0.5, 0.6) is 5.75 Å². The molecule has 1 aromatic carbocycles. The highest BCUT2D eigenvalue weighted by atomic mass is 16.6. The van der Waals surface area contributed by atoms with Crippen molar-refractivity contribution in [2.24, 2.45) is 5.92 Å². The average Bonchev–Trinajstić information content (AvgIpc) is 3.15. The van der Waals surface area contributed by atoms with Crippen LogP contribution in [0, 0.1) is 5.92 Å². The summed E-state index contributed by atoms with van der Waals surface area (Å²) in [6.45, 7) is 5.21. The van der Waals surface area contributed by atoms with Gasteiger partial charge in [0.2, 0.25) is 0 Å². The number of nitrogens with one attached hydrogen (secondary N) is 1. The Morgan fingerprint density at radius 1 is 1.18 bits per heavy atom. The summed E-state index contributed by atoms with van der Waals surface area (Å²) in [7, 11) is 0. The first-order valence-electron chi connectivity index (χ1n) is 11.6. The lowest BCUT2D eigenvalue weighted by molar-refractivity contribution is 0.194. The number of ether oxygens (including phenoxy) is 1. The van der Waals surface area contributed by atoms with Crippen molar-refractivity contribution < 1.29 is 9.53 Å². The SMILES string of the molecule is CCCNC(=O)Oc1cccc2c1CCC1C2CCN1CCC1CCCCC1. The molecule has 2 atom stereocenters. The molecule has 28 heavy (non-hydrogen) atoms. The van der Waals surface area contributed by atoms with E-state index in [9.17, 15) is 4.79 Å². The van der Waals surface area contributed by atoms with Gasteiger partial charge < -0.3 is 10.1 Å². The summed E-state index contributed by atoms with van der Waals surface area (Å²) in [6.07, 6.45) is 12.7. The number of hydrogen-bond acceptors (Lipinski definition) is 3. The van der Waals surface area contributed by atoms with E-state index in [-0.39, 0.29) is 6.09 Å². The molecular weight excluding hydrogens is 348 g/mol. The molecule has 0 radical (unpaired) electrons. The number of carbonyl (C=O) groups is 1. The van der Waals surface area contributed by atoms with E-state index in [2.05, 4.69) is 22.3 Å². The standard InChI is InChI=1S/C24H36N2O2/c1-2-15-25-24(27)28-23-10-6-9-19-20-14-17-26(22(20)12-11-21(19)23)16-13-18-7-4-3-5-8-18/h6,9-10,18,20,22H,2-5,7-8,11-17H2,1H3,(H,25,27). The summed E-state index contributed by atoms with van der Waals surface area (Å²) in [5.41, 5.74) is 2.70. The van der Waals surface area contributed by atoms with Crippen LogP contribution < -0.4 is 10.1 Å². The topological polar surface area (TPSA) is 41.6 Å². The minimum atomic E-state index is -0.321. The smallest absolute Gasteiger partial charge is 0.410 e. The summed E-state index contributed by atoms with van der Waals surface area (Å²) in [4.78, 5) is 14.8. The van der Waals surface area contributed by atoms with E-state index >= 15 is 0 Å². The Morgan fingerprint density at radius 2 is 2.04 bits per heavy atom. The Bertz CT molecular complexity index is 669. The van der Waals surface area contributed by atoms with Crippen molar-refractivity contribution in [3.8, 4) is 5.75 Å². The zero-order valence-corrected chi connectivity index (χ0v) is 17.4. The van der Waals surface area contributed by atoms with E-state index in [1.54, 1.807) is 0 Å². The van der Waals surface area contributed by atoms with Crippen molar-refractivity contribution in [1.82, 2.24) is 10.2 Å². The highest BCUT2D eigenvalue weighted by Gasteiger charge is 2.39. The zero-order chi connectivity index (χ0) is 19.3. The summed E-state index contributed by atoms with van der Waals surface area (Å²) in [5.74, 6) is 2.34. The Morgan fingerprint density at radius 3 is 2.86 bits per heavy atom. The number of nitrogens with zero attached hydrogens (tertiary/aromatic N) is 1. The van der Waals surface area contributed by atoms with E-state index in [0.717, 1.165) is 24.5 Å². The van der Waals surface area contributed by atoms with Crippen LogP contribution in [0.4, 0.5) is 4.79 Å². The summed E-state index contributed by atoms with van der Waals surface area (Å²) in [5, 5.41) is 2.82. The molecule has 0 aromatic heterocycles. The van der Waals surface area contributed by atoms with E-state index in [1.165, 1.54) is 75.6 Å². The fraction of sp³-hybridized carbons (Fsp3) is 0.708. The monoisotopic (exact) mass is 384 g/mol. The first-order valence-corrected chi connectivity index (χ1v) is 11.6. The Kier molecular flexibility index (Phi) is 6.56. The minimum Gasteiger partial charge on any atom is -0.410 e. The minimum absolute atomic E-state index is 0.321. The van der Waals surface area contributed by atoms with Crippen LogP contribution in [0.3, 0.4) is 0 Å². The highest BCUT2D eigenvalue weighted by Crippen LogP contribution is 2.44. The van der Waals surface area contributed by atoms with Crippen LogP contribution >= 0.6 is 0 Å². The van der Waals surface area contributed by atoms with Crippen molar-refractivity contribution in [2.45, 2.75) is 83.1 Å². The Hall–Kier alpha value is -1.55. The van der Waals surface area contributed by atoms with Crippen molar-refractivity contribution in [2.75, 3.05) is 19.6 Å². The van der Waals surface area contributed by atoms with E-state index in [1.807, 2.05) is 13.0 Å². The number of rotatable bonds is 6. The number of benzene rings is 1. The largest absolute Gasteiger partial charge is 0.412 e. The second-order valence-corrected chi connectivity index (χ2v) is 8.97. The van der Waals surface area contributed by atoms with Gasteiger partial charge in [0.05, 0.1) is 0 Å². The van der Waals surface area contributed by atoms with E-state index in [0.29, 0.717) is 18.5 Å². The molecule has 2 unspecified atom stereocenters. The van der Waals surface area contributed by atoms with Gasteiger partial charge in [-0.25, -0.2) is 4.79 Å². The molecule has 0 spiro atoms. The van der Waals surface area contributed by atoms with Crippen LogP contribution in [0.1, 0.15) is 81.8 Å². The lowest BCUT2D eigenvalue weighted by atomic mass is 9.79. The highest BCUT2D eigenvalue weighted by molar-refractivity contribution is 5.71. The number of likely N-dealkylation sites (tertiary alicyclic amines) is 1. The lowest BCUT2D eigenvalue weighted by Crippen LogP contribution is -2.36. The molecule has 0 bridgehead atoms. The van der Waals surface area contributed by atoms with Gasteiger partial charge in [0.25, 0.3) is 0 Å². The molecule has 1 saturated carbocycles. The van der Waals surface area contributed by atoms with Crippen LogP contribution in [-0.4, -0.2) is 36.7 Å². The normalized spacial score (nSPS) is 25.2. The van der Waals surface area contributed by atoms with Crippen molar-refractivity contribution >= 4 is 6.09 Å². The van der Waals surface area contributed by atoms with Gasteiger partial charge in [-0.05, 0) is 68.3 Å². The number of amides is 1. The van der Waals surface area contributed by atoms with Crippen LogP contribution in [0.15, 0.2) is 18.2 Å². The molecule has 2 aliphatic carbocycles. The molecule has 4 nitrogen and oxygen atoms in total. The van der Waals surface area contributed by atoms with Gasteiger partial charge in [-0.3, -0.25) is 4.90 Å². The maximum atomic E-state index is 12.0. The van der Waals surface area contributed by atoms with Gasteiger partial charge >= 0.3 is 6.09 Å². The van der Waals surface area contributed by atoms with Gasteiger partial charge in [0.1, 0.15) is 5.75 Å². The molecule has 1 aromatic rings. The molecule has 3 aliphatic rings. The lowest BCUT2D eigenvalue weighted by Gasteiger charge is -2.35. The van der Waals surface area contributed by atoms with Crippen LogP contribution in [-0.2, 0) is 6.42 Å². The van der Waals surface area contributed by atoms with E-state index < -0.39 is 0 Å². The van der Waals surface area contributed by atoms with Crippen molar-refractivity contribution in [3.05, 3.63) is 29.3 Å². The van der Waals surface area contributed by atoms with Gasteiger partial charge in [-0.1, -0.05) is 51.2 Å². The molecule has 4 rings (SSSR count). The molecule has 1 heterocycles. The third-order valence-corrected chi connectivity index (χ3v) is 7.19. The van der Waals surface area contributed by atoms with Gasteiger partial charge in [-0.15, -0.1) is 0 Å². The molecule has 1 saturated heterocycles. The first-order chi connectivity index (χ1) is 13.8. The van der Waals surface area contributed by atoms with Gasteiger partial charge in [-0.2, -0.15) is 0 Å². The molecule has 1 aliphatic heterocycles. The third kappa shape index (κ3) is 4.37. The molecule has 1 N–H and O–H groups in total. The number of fused-ring (bicyclic) bond motifs is 3. The second-order valence-electron chi connectivity index (χ2n) is 8.97. The summed E-state index contributed by atoms with van der Waals surface area (Å²) < 4.78 is 5.65. The van der Waals surface area contributed by atoms with Crippen LogP contribution in [0.2, 0.25) is 0 Å². The molecule has 2 fully saturated rings. The summed E-state index contributed by atoms with van der Waals surface area (Å²) >= 11 is 0. The van der Waals surface area contributed by atoms with Crippen molar-refractivity contribution in [1.29, 1.82) is 0 Å². The quantitative estimate of drug-likeness (QED) is 0.727. The van der Waals surface area contributed by atoms with E-state index in [4.69, 9.17) is 4.74 Å². The fourth-order valence-electron chi connectivity index (χ4n) is 5.71. The Balaban J connectivity index is 1.39. The van der Waals surface area contributed by atoms with Gasteiger partial charge in [0.15, 0.2) is 0 Å². The predicted octanol–water partition coefficient (Wildman–Crippen LogP) is 5.26. The number of carbonyl (C=O) groups excluding carboxylic acids is 1. The number of hydrogen-bond donors (Lipinski definition) is 1. The molecule has 4 heteroatoms. The maximum absolute atomic E-state index is 12.0. The first kappa shape index (κ1) is 19.8. The van der Waals surface area contributed by atoms with Crippen molar-refractivity contribution in [3.63, 3.8) is 0 Å². The predicted molar refractivity (Wildman–Crippen MR) is 113 cm³/mol. The Labute approximate surface area is 170 Å². The third-order valence-electron chi connectivity index (χ3n) is 7.19. The molecule has 154 valence electrons. The average molecular weight is 385 g/mol.